The van der Waals surface area contributed by atoms with Gasteiger partial charge in [-0.05, 0) is 25.0 Å². The minimum atomic E-state index is 0. The Kier molecular flexibility index (Phi) is 10.3. The van der Waals surface area contributed by atoms with Crippen molar-refractivity contribution < 1.29 is 9.26 Å². The number of rotatable bonds is 8. The molecule has 1 saturated carbocycles. The molecule has 10 heteroatoms. The van der Waals surface area contributed by atoms with Crippen LogP contribution in [-0.4, -0.2) is 79.0 Å². The van der Waals surface area contributed by atoms with Crippen LogP contribution in [0.15, 0.2) is 33.9 Å². The zero-order chi connectivity index (χ0) is 22.1. The summed E-state index contributed by atoms with van der Waals surface area (Å²) >= 11 is 0. The van der Waals surface area contributed by atoms with Gasteiger partial charge in [-0.3, -0.25) is 14.9 Å². The average molecular weight is 569 g/mol. The molecule has 33 heavy (non-hydrogen) atoms. The second kappa shape index (κ2) is 13.2. The number of morpholine rings is 1. The van der Waals surface area contributed by atoms with Crippen LogP contribution in [0.25, 0.3) is 11.6 Å². The molecule has 1 saturated heterocycles. The lowest BCUT2D eigenvalue weighted by atomic mass is 9.73. The summed E-state index contributed by atoms with van der Waals surface area (Å²) in [5, 5.41) is 11.1. The smallest absolute Gasteiger partial charge is 0.276 e. The lowest BCUT2D eigenvalue weighted by Gasteiger charge is -2.42. The average Bonchev–Trinajstić information content (AvgIpc) is 3.32. The van der Waals surface area contributed by atoms with Gasteiger partial charge in [0.05, 0.1) is 13.2 Å². The Morgan fingerprint density at radius 3 is 2.70 bits per heavy atom. The molecule has 2 aromatic rings. The normalized spacial score (nSPS) is 19.0. The van der Waals surface area contributed by atoms with Crippen LogP contribution < -0.4 is 10.6 Å². The van der Waals surface area contributed by atoms with E-state index in [1.807, 2.05) is 25.2 Å². The zero-order valence-electron chi connectivity index (χ0n) is 19.5. The molecule has 2 aliphatic rings. The maximum absolute atomic E-state index is 5.54. The fourth-order valence-corrected chi connectivity index (χ4v) is 4.66. The Morgan fingerprint density at radius 2 is 1.97 bits per heavy atom. The van der Waals surface area contributed by atoms with Crippen molar-refractivity contribution in [2.24, 2.45) is 10.4 Å². The number of hydrogen-bond acceptors (Lipinski definition) is 7. The summed E-state index contributed by atoms with van der Waals surface area (Å²) in [6.07, 6.45) is 8.89. The number of nitrogens with zero attached hydrogens (tertiary/aromatic N) is 5. The van der Waals surface area contributed by atoms with Crippen LogP contribution >= 0.6 is 24.0 Å². The molecular weight excluding hydrogens is 533 g/mol. The summed E-state index contributed by atoms with van der Waals surface area (Å²) in [5.74, 6) is 1.93. The molecule has 182 valence electrons. The lowest BCUT2D eigenvalue weighted by molar-refractivity contribution is 0.00820. The fraction of sp³-hybridized carbons (Fsp3) is 0.652. The zero-order valence-corrected chi connectivity index (χ0v) is 21.8. The monoisotopic (exact) mass is 569 g/mol. The highest BCUT2D eigenvalue weighted by molar-refractivity contribution is 14.0. The fourth-order valence-electron chi connectivity index (χ4n) is 4.66. The molecule has 0 bridgehead atoms. The maximum Gasteiger partial charge on any atom is 0.276 e. The van der Waals surface area contributed by atoms with Crippen molar-refractivity contribution in [3.8, 4) is 11.6 Å². The molecule has 2 aromatic heterocycles. The van der Waals surface area contributed by atoms with E-state index in [4.69, 9.17) is 9.26 Å². The van der Waals surface area contributed by atoms with Crippen molar-refractivity contribution in [1.29, 1.82) is 0 Å². The standard InChI is InChI=1S/C23H35N7O2.HI/c1-24-22(26-12-8-20-28-21(32-29-20)19-7-3-6-11-25-19)27-17-23(9-4-2-5-10-23)18-30-13-15-31-16-14-30;/h3,6-7,11H,2,4-5,8-10,12-18H2,1H3,(H2,24,26,27);1H. The van der Waals surface area contributed by atoms with Gasteiger partial charge in [0, 0.05) is 57.8 Å². The van der Waals surface area contributed by atoms with Crippen LogP contribution in [0.5, 0.6) is 0 Å². The van der Waals surface area contributed by atoms with E-state index in [1.165, 1.54) is 32.1 Å². The van der Waals surface area contributed by atoms with E-state index in [9.17, 15) is 0 Å². The first-order chi connectivity index (χ1) is 15.8. The van der Waals surface area contributed by atoms with Crippen LogP contribution in [-0.2, 0) is 11.2 Å². The van der Waals surface area contributed by atoms with Crippen molar-refractivity contribution in [2.75, 3.05) is 53.0 Å². The Labute approximate surface area is 213 Å². The summed E-state index contributed by atoms with van der Waals surface area (Å²) < 4.78 is 10.9. The van der Waals surface area contributed by atoms with Gasteiger partial charge in [0.1, 0.15) is 5.69 Å². The van der Waals surface area contributed by atoms with Gasteiger partial charge in [0.25, 0.3) is 5.89 Å². The molecule has 0 amide bonds. The third-order valence-corrected chi connectivity index (χ3v) is 6.42. The molecule has 2 fully saturated rings. The van der Waals surface area contributed by atoms with Crippen molar-refractivity contribution in [1.82, 2.24) is 30.7 Å². The van der Waals surface area contributed by atoms with E-state index < -0.39 is 0 Å². The maximum atomic E-state index is 5.54. The summed E-state index contributed by atoms with van der Waals surface area (Å²) in [5.41, 5.74) is 0.994. The summed E-state index contributed by atoms with van der Waals surface area (Å²) in [4.78, 5) is 15.7. The van der Waals surface area contributed by atoms with Crippen LogP contribution in [0.4, 0.5) is 0 Å². The highest BCUT2D eigenvalue weighted by Crippen LogP contribution is 2.36. The molecule has 0 atom stereocenters. The topological polar surface area (TPSA) is 101 Å². The first-order valence-electron chi connectivity index (χ1n) is 11.7. The number of pyridine rings is 1. The van der Waals surface area contributed by atoms with E-state index in [0.29, 0.717) is 35.8 Å². The van der Waals surface area contributed by atoms with E-state index in [1.54, 1.807) is 6.20 Å². The molecule has 0 radical (unpaired) electrons. The quantitative estimate of drug-likeness (QED) is 0.285. The minimum Gasteiger partial charge on any atom is -0.379 e. The van der Waals surface area contributed by atoms with E-state index in [-0.39, 0.29) is 24.0 Å². The largest absolute Gasteiger partial charge is 0.379 e. The predicted molar refractivity (Wildman–Crippen MR) is 139 cm³/mol. The Hall–Kier alpha value is -1.79. The van der Waals surface area contributed by atoms with Crippen molar-refractivity contribution in [3.63, 3.8) is 0 Å². The highest BCUT2D eigenvalue weighted by Gasteiger charge is 2.34. The van der Waals surface area contributed by atoms with Crippen molar-refractivity contribution >= 4 is 29.9 Å². The number of ether oxygens (including phenoxy) is 1. The van der Waals surface area contributed by atoms with Gasteiger partial charge >= 0.3 is 0 Å². The second-order valence-corrected chi connectivity index (χ2v) is 8.78. The molecule has 9 nitrogen and oxygen atoms in total. The van der Waals surface area contributed by atoms with Gasteiger partial charge in [-0.15, -0.1) is 24.0 Å². The van der Waals surface area contributed by atoms with Gasteiger partial charge in [-0.2, -0.15) is 4.98 Å². The molecule has 1 aliphatic carbocycles. The third-order valence-electron chi connectivity index (χ3n) is 6.42. The van der Waals surface area contributed by atoms with Gasteiger partial charge in [0.15, 0.2) is 11.8 Å². The Balaban J connectivity index is 0.00000306. The molecule has 3 heterocycles. The third kappa shape index (κ3) is 7.61. The molecule has 0 unspecified atom stereocenters. The molecule has 2 N–H and O–H groups in total. The number of nitrogens with one attached hydrogen (secondary N) is 2. The first kappa shape index (κ1) is 25.8. The second-order valence-electron chi connectivity index (χ2n) is 8.78. The summed E-state index contributed by atoms with van der Waals surface area (Å²) in [6.45, 7) is 6.54. The molecular formula is C23H36IN7O2. The summed E-state index contributed by atoms with van der Waals surface area (Å²) in [7, 11) is 1.82. The molecule has 1 aliphatic heterocycles. The predicted octanol–water partition coefficient (Wildman–Crippen LogP) is 2.74. The Morgan fingerprint density at radius 1 is 1.15 bits per heavy atom. The van der Waals surface area contributed by atoms with Crippen LogP contribution in [0.1, 0.15) is 37.9 Å². The number of aromatic nitrogens is 3. The molecule has 4 rings (SSSR count). The van der Waals surface area contributed by atoms with E-state index >= 15 is 0 Å². The van der Waals surface area contributed by atoms with E-state index in [2.05, 4.69) is 35.7 Å². The number of hydrogen-bond donors (Lipinski definition) is 2. The lowest BCUT2D eigenvalue weighted by Crippen LogP contribution is -2.51. The number of guanidine groups is 1. The van der Waals surface area contributed by atoms with Crippen molar-refractivity contribution in [2.45, 2.75) is 38.5 Å². The Bertz CT molecular complexity index is 850. The van der Waals surface area contributed by atoms with Crippen LogP contribution in [0.2, 0.25) is 0 Å². The van der Waals surface area contributed by atoms with Gasteiger partial charge in [-0.1, -0.05) is 30.5 Å². The minimum absolute atomic E-state index is 0. The summed E-state index contributed by atoms with van der Waals surface area (Å²) in [6, 6.07) is 5.63. The first-order valence-corrected chi connectivity index (χ1v) is 11.7. The van der Waals surface area contributed by atoms with Gasteiger partial charge in [0.2, 0.25) is 0 Å². The van der Waals surface area contributed by atoms with Gasteiger partial charge < -0.3 is 19.9 Å². The van der Waals surface area contributed by atoms with Crippen LogP contribution in [0, 0.1) is 5.41 Å². The molecule has 0 aromatic carbocycles. The molecule has 0 spiro atoms. The van der Waals surface area contributed by atoms with Crippen LogP contribution in [0.3, 0.4) is 0 Å². The number of aliphatic imine (C=N–C) groups is 1. The number of halogens is 1. The van der Waals surface area contributed by atoms with Crippen molar-refractivity contribution in [3.05, 3.63) is 30.2 Å². The SMILES string of the molecule is CN=C(NCCc1noc(-c2ccccn2)n1)NCC1(CN2CCOCC2)CCCCC1.I. The van der Waals surface area contributed by atoms with E-state index in [0.717, 1.165) is 45.4 Å². The van der Waals surface area contributed by atoms with Gasteiger partial charge in [-0.25, -0.2) is 0 Å². The highest BCUT2D eigenvalue weighted by atomic mass is 127.